The van der Waals surface area contributed by atoms with Gasteiger partial charge in [-0.25, -0.2) is 4.99 Å². The average Bonchev–Trinajstić information content (AvgIpc) is 3.78. The molecule has 4 N–H and O–H groups in total. The maximum atomic E-state index is 13.9. The highest BCUT2D eigenvalue weighted by Gasteiger charge is 2.25. The van der Waals surface area contributed by atoms with Crippen LogP contribution < -0.4 is 26.3 Å². The summed E-state index contributed by atoms with van der Waals surface area (Å²) in [7, 11) is 0. The highest BCUT2D eigenvalue weighted by atomic mass is 35.5. The molecule has 3 heterocycles. The first-order valence-corrected chi connectivity index (χ1v) is 17.9. The van der Waals surface area contributed by atoms with Gasteiger partial charge in [0.1, 0.15) is 17.9 Å². The SMILES string of the molecule is CCNc1cc2oc3cc(=[NH+]CC)c(C)cc-3c(-c3ccccc3C(=O)NCNC(=O)Cc3onc(-c4ccc(Cl)o4)c3-c3ccccc3)c2cc1C. The molecule has 0 spiro atoms. The van der Waals surface area contributed by atoms with Gasteiger partial charge in [0.15, 0.2) is 22.4 Å². The number of furan rings is 1. The maximum absolute atomic E-state index is 13.9. The molecule has 2 aromatic heterocycles. The molecule has 0 bridgehead atoms. The highest BCUT2D eigenvalue weighted by Crippen LogP contribution is 2.43. The fourth-order valence-electron chi connectivity index (χ4n) is 6.63. The van der Waals surface area contributed by atoms with Gasteiger partial charge in [0, 0.05) is 45.9 Å². The number of carbonyl (C=O) groups is 2. The van der Waals surface area contributed by atoms with Gasteiger partial charge in [0.05, 0.1) is 24.7 Å². The van der Waals surface area contributed by atoms with E-state index in [0.29, 0.717) is 39.7 Å². The van der Waals surface area contributed by atoms with Gasteiger partial charge in [0.2, 0.25) is 11.3 Å². The molecule has 1 aliphatic carbocycles. The maximum Gasteiger partial charge on any atom is 0.253 e. The number of nitrogens with one attached hydrogen (secondary N) is 4. The zero-order valence-corrected chi connectivity index (χ0v) is 30.6. The van der Waals surface area contributed by atoms with Crippen molar-refractivity contribution in [3.05, 3.63) is 124 Å². The molecule has 10 nitrogen and oxygen atoms in total. The molecule has 11 heteroatoms. The van der Waals surface area contributed by atoms with Gasteiger partial charge in [-0.1, -0.05) is 53.7 Å². The van der Waals surface area contributed by atoms with E-state index in [1.54, 1.807) is 18.2 Å². The lowest BCUT2D eigenvalue weighted by Crippen LogP contribution is -2.76. The predicted octanol–water partition coefficient (Wildman–Crippen LogP) is 6.87. The normalized spacial score (nSPS) is 11.7. The van der Waals surface area contributed by atoms with E-state index in [-0.39, 0.29) is 30.1 Å². The van der Waals surface area contributed by atoms with Crippen LogP contribution in [0.4, 0.5) is 5.69 Å². The Bertz CT molecular complexity index is 2500. The lowest BCUT2D eigenvalue weighted by molar-refractivity contribution is -0.496. The smallest absolute Gasteiger partial charge is 0.253 e. The Kier molecular flexibility index (Phi) is 10.1. The highest BCUT2D eigenvalue weighted by molar-refractivity contribution is 6.29. The zero-order chi connectivity index (χ0) is 37.1. The summed E-state index contributed by atoms with van der Waals surface area (Å²) in [5.41, 5.74) is 8.64. The van der Waals surface area contributed by atoms with Crippen molar-refractivity contribution < 1.29 is 27.9 Å². The Morgan fingerprint density at radius 3 is 2.36 bits per heavy atom. The summed E-state index contributed by atoms with van der Waals surface area (Å²) in [5, 5.41) is 15.4. The van der Waals surface area contributed by atoms with Crippen LogP contribution in [0, 0.1) is 13.8 Å². The fourth-order valence-corrected chi connectivity index (χ4v) is 6.78. The van der Waals surface area contributed by atoms with Crippen molar-refractivity contribution in [2.24, 2.45) is 0 Å². The second-order valence-corrected chi connectivity index (χ2v) is 13.0. The topological polar surface area (TPSA) is 137 Å². The van der Waals surface area contributed by atoms with E-state index in [9.17, 15) is 9.59 Å². The van der Waals surface area contributed by atoms with Crippen LogP contribution in [0.3, 0.4) is 0 Å². The van der Waals surface area contributed by atoms with E-state index < -0.39 is 0 Å². The summed E-state index contributed by atoms with van der Waals surface area (Å²) in [5.74, 6) is 0.761. The lowest BCUT2D eigenvalue weighted by atomic mass is 9.89. The molecule has 0 radical (unpaired) electrons. The Hall–Kier alpha value is -6.13. The lowest BCUT2D eigenvalue weighted by Gasteiger charge is -2.19. The summed E-state index contributed by atoms with van der Waals surface area (Å²) < 4.78 is 17.8. The molecule has 0 fully saturated rings. The summed E-state index contributed by atoms with van der Waals surface area (Å²) in [6, 6.07) is 28.5. The molecular formula is C42H39ClN5O5+. The average molecular weight is 729 g/mol. The van der Waals surface area contributed by atoms with E-state index in [1.165, 1.54) is 0 Å². The first-order valence-electron chi connectivity index (χ1n) is 17.5. The van der Waals surface area contributed by atoms with Gasteiger partial charge >= 0.3 is 0 Å². The molecule has 0 unspecified atom stereocenters. The number of fused-ring (bicyclic) bond motifs is 2. The molecule has 7 rings (SSSR count). The predicted molar refractivity (Wildman–Crippen MR) is 205 cm³/mol. The minimum atomic E-state index is -0.364. The summed E-state index contributed by atoms with van der Waals surface area (Å²) in [6.45, 7) is 9.65. The van der Waals surface area contributed by atoms with Gasteiger partial charge < -0.3 is 29.3 Å². The second kappa shape index (κ2) is 15.2. The number of halogens is 1. The van der Waals surface area contributed by atoms with Gasteiger partial charge in [-0.3, -0.25) is 9.59 Å². The Morgan fingerprint density at radius 2 is 1.60 bits per heavy atom. The number of carbonyl (C=O) groups excluding carboxylic acids is 2. The number of hydrogen-bond donors (Lipinski definition) is 4. The number of benzene rings is 4. The van der Waals surface area contributed by atoms with Crippen LogP contribution in [0.1, 0.15) is 41.1 Å². The van der Waals surface area contributed by atoms with Crippen LogP contribution in [-0.2, 0) is 11.2 Å². The van der Waals surface area contributed by atoms with E-state index in [2.05, 4.69) is 65.9 Å². The van der Waals surface area contributed by atoms with Crippen molar-refractivity contribution in [1.29, 1.82) is 0 Å². The summed E-state index contributed by atoms with van der Waals surface area (Å²) in [4.78, 5) is 30.6. The quantitative estimate of drug-likeness (QED) is 0.0843. The fraction of sp³-hybridized carbons (Fsp3) is 0.190. The first-order chi connectivity index (χ1) is 25.7. The van der Waals surface area contributed by atoms with Crippen LogP contribution in [0.5, 0.6) is 0 Å². The molecule has 268 valence electrons. The molecule has 0 saturated carbocycles. The first kappa shape index (κ1) is 35.3. The molecule has 3 aromatic carbocycles. The van der Waals surface area contributed by atoms with E-state index in [4.69, 9.17) is 25.0 Å². The van der Waals surface area contributed by atoms with Crippen LogP contribution in [0.15, 0.2) is 104 Å². The Labute approximate surface area is 311 Å². The minimum absolute atomic E-state index is 0.108. The van der Waals surface area contributed by atoms with Gasteiger partial charge in [0.25, 0.3) is 5.91 Å². The third-order valence-electron chi connectivity index (χ3n) is 9.07. The summed E-state index contributed by atoms with van der Waals surface area (Å²) >= 11 is 6.03. The third kappa shape index (κ3) is 7.18. The van der Waals surface area contributed by atoms with Crippen LogP contribution in [0.2, 0.25) is 5.22 Å². The van der Waals surface area contributed by atoms with E-state index in [0.717, 1.165) is 62.9 Å². The molecule has 2 amide bonds. The van der Waals surface area contributed by atoms with E-state index >= 15 is 0 Å². The number of rotatable bonds is 11. The van der Waals surface area contributed by atoms with Crippen molar-refractivity contribution in [2.45, 2.75) is 34.1 Å². The minimum Gasteiger partial charge on any atom is -0.456 e. The molecule has 2 aliphatic rings. The molecule has 5 aromatic rings. The number of amides is 2. The monoisotopic (exact) mass is 728 g/mol. The van der Waals surface area contributed by atoms with Crippen LogP contribution in [0.25, 0.3) is 56.0 Å². The second-order valence-electron chi connectivity index (χ2n) is 12.7. The third-order valence-corrected chi connectivity index (χ3v) is 9.28. The summed E-state index contributed by atoms with van der Waals surface area (Å²) in [6.07, 6.45) is -0.119. The van der Waals surface area contributed by atoms with Crippen molar-refractivity contribution in [3.8, 4) is 45.0 Å². The Balaban J connectivity index is 1.17. The Morgan fingerprint density at radius 1 is 0.811 bits per heavy atom. The molecular weight excluding hydrogens is 690 g/mol. The zero-order valence-electron chi connectivity index (χ0n) is 29.9. The molecule has 0 saturated heterocycles. The van der Waals surface area contributed by atoms with Gasteiger partial charge in [-0.05, 0) is 86.3 Å². The van der Waals surface area contributed by atoms with Gasteiger partial charge in [-0.2, -0.15) is 0 Å². The number of aryl methyl sites for hydroxylation is 2. The number of aromatic nitrogens is 1. The largest absolute Gasteiger partial charge is 0.456 e. The van der Waals surface area contributed by atoms with Crippen molar-refractivity contribution in [2.75, 3.05) is 25.1 Å². The van der Waals surface area contributed by atoms with Crippen molar-refractivity contribution in [3.63, 3.8) is 0 Å². The van der Waals surface area contributed by atoms with Crippen LogP contribution >= 0.6 is 11.6 Å². The number of hydrogen-bond acceptors (Lipinski definition) is 7. The molecule has 0 atom stereocenters. The molecule has 53 heavy (non-hydrogen) atoms. The van der Waals surface area contributed by atoms with Crippen molar-refractivity contribution >= 4 is 40.1 Å². The van der Waals surface area contributed by atoms with E-state index in [1.807, 2.05) is 60.7 Å². The van der Waals surface area contributed by atoms with Crippen molar-refractivity contribution in [1.82, 2.24) is 15.8 Å². The van der Waals surface area contributed by atoms with Crippen LogP contribution in [-0.4, -0.2) is 36.7 Å². The number of anilines is 1. The number of nitrogens with zero attached hydrogens (tertiary/aromatic N) is 1. The molecule has 1 aliphatic heterocycles. The standard InChI is InChI=1S/C42H38ClN5O5/c1-5-44-31-20-34-29(18-24(31)3)40(30-19-25(4)32(45-6-2)21-35(30)51-34)27-14-10-11-15-28(27)42(50)47-23-46-38(49)22-36-39(26-12-8-7-9-13-26)41(48-53-36)33-16-17-37(43)52-33/h7-21,44H,5-6,22-23H2,1-4H3,(H,46,49)(H,47,50)/p+1. The van der Waals surface area contributed by atoms with Gasteiger partial charge in [-0.15, -0.1) is 0 Å².